The fourth-order valence-electron chi connectivity index (χ4n) is 10.2. The second-order valence-corrected chi connectivity index (χ2v) is 16.5. The Bertz CT molecular complexity index is 3170. The van der Waals surface area contributed by atoms with E-state index >= 15 is 0 Å². The van der Waals surface area contributed by atoms with Crippen LogP contribution in [0.4, 0.5) is 17.1 Å². The van der Waals surface area contributed by atoms with Gasteiger partial charge >= 0.3 is 0 Å². The van der Waals surface area contributed by atoms with Gasteiger partial charge in [0.05, 0.1) is 5.69 Å². The van der Waals surface area contributed by atoms with E-state index in [1.54, 1.807) is 0 Å². The molecule has 0 saturated heterocycles. The Kier molecular flexibility index (Phi) is 5.91. The van der Waals surface area contributed by atoms with Crippen molar-refractivity contribution in [2.45, 2.75) is 38.5 Å². The average Bonchev–Trinajstić information content (AvgIpc) is 3.91. The fraction of sp³-hybridized carbons (Fsp3) is 0.115. The molecular weight excluding hydrogens is 671 g/mol. The molecule has 3 heteroatoms. The number of anilines is 3. The second kappa shape index (κ2) is 10.5. The lowest BCUT2D eigenvalue weighted by molar-refractivity contribution is 0.659. The van der Waals surface area contributed by atoms with Gasteiger partial charge in [0.15, 0.2) is 5.58 Å². The molecule has 0 spiro atoms. The Balaban J connectivity index is 1.19. The van der Waals surface area contributed by atoms with Crippen molar-refractivity contribution in [3.8, 4) is 22.3 Å². The first-order valence-electron chi connectivity index (χ1n) is 19.3. The minimum atomic E-state index is -0.159. The summed E-state index contributed by atoms with van der Waals surface area (Å²) in [5.41, 5.74) is 16.8. The van der Waals surface area contributed by atoms with Gasteiger partial charge in [-0.05, 0) is 91.7 Å². The third-order valence-electron chi connectivity index (χ3n) is 12.8. The normalized spacial score (nSPS) is 14.8. The van der Waals surface area contributed by atoms with Crippen molar-refractivity contribution >= 4 is 71.7 Å². The maximum absolute atomic E-state index is 7.03. The van der Waals surface area contributed by atoms with Gasteiger partial charge in [-0.3, -0.25) is 0 Å². The van der Waals surface area contributed by atoms with Crippen molar-refractivity contribution in [1.82, 2.24) is 0 Å². The van der Waals surface area contributed by atoms with Crippen LogP contribution in [0.15, 0.2) is 160 Å². The van der Waals surface area contributed by atoms with Crippen molar-refractivity contribution in [3.05, 3.63) is 174 Å². The number of fused-ring (bicyclic) bond motifs is 15. The lowest BCUT2D eigenvalue weighted by Crippen LogP contribution is -2.18. The first-order chi connectivity index (χ1) is 26.8. The Morgan fingerprint density at radius 2 is 0.964 bits per heavy atom. The van der Waals surface area contributed by atoms with Gasteiger partial charge in [-0.2, -0.15) is 0 Å². The molecule has 12 rings (SSSR count). The van der Waals surface area contributed by atoms with E-state index in [2.05, 4.69) is 184 Å². The molecule has 0 radical (unpaired) electrons. The van der Waals surface area contributed by atoms with E-state index in [1.807, 2.05) is 0 Å². The maximum atomic E-state index is 7.03. The molecule has 2 aliphatic rings. The summed E-state index contributed by atoms with van der Waals surface area (Å²) in [6.07, 6.45) is 0. The molecule has 2 aromatic heterocycles. The fourth-order valence-corrected chi connectivity index (χ4v) is 10.2. The molecule has 0 amide bonds. The summed E-state index contributed by atoms with van der Waals surface area (Å²) in [4.78, 5) is 2.41. The highest BCUT2D eigenvalue weighted by molar-refractivity contribution is 6.32. The molecule has 0 bridgehead atoms. The topological polar surface area (TPSA) is 29.5 Å². The van der Waals surface area contributed by atoms with Gasteiger partial charge in [-0.1, -0.05) is 137 Å². The van der Waals surface area contributed by atoms with E-state index in [-0.39, 0.29) is 10.8 Å². The summed E-state index contributed by atoms with van der Waals surface area (Å²) >= 11 is 0. The summed E-state index contributed by atoms with van der Waals surface area (Å²) < 4.78 is 13.9. The van der Waals surface area contributed by atoms with Gasteiger partial charge in [0.2, 0.25) is 0 Å². The highest BCUT2D eigenvalue weighted by Crippen LogP contribution is 2.55. The Morgan fingerprint density at radius 1 is 0.400 bits per heavy atom. The molecule has 262 valence electrons. The first kappa shape index (κ1) is 30.8. The SMILES string of the molecule is CC1(C)c2ccccc2-c2ccc(N(c3ccc4c(c3)C(C)(C)c3ccccc3-4)c3cc4oc5ccc6ccccc6c5c4c4c3oc3ccccc34)cc21. The monoisotopic (exact) mass is 707 g/mol. The molecule has 0 atom stereocenters. The summed E-state index contributed by atoms with van der Waals surface area (Å²) in [7, 11) is 0. The van der Waals surface area contributed by atoms with E-state index in [4.69, 9.17) is 8.83 Å². The van der Waals surface area contributed by atoms with Crippen LogP contribution >= 0.6 is 0 Å². The van der Waals surface area contributed by atoms with Crippen LogP contribution in [0.25, 0.3) is 76.9 Å². The van der Waals surface area contributed by atoms with Crippen LogP contribution in [0.3, 0.4) is 0 Å². The van der Waals surface area contributed by atoms with Crippen molar-refractivity contribution in [2.75, 3.05) is 4.90 Å². The first-order valence-corrected chi connectivity index (χ1v) is 19.3. The summed E-state index contributed by atoms with van der Waals surface area (Å²) in [5, 5.41) is 6.73. The quantitative estimate of drug-likeness (QED) is 0.183. The number of furan rings is 2. The molecule has 2 heterocycles. The highest BCUT2D eigenvalue weighted by Gasteiger charge is 2.38. The molecular formula is C52H37NO2. The third kappa shape index (κ3) is 4.00. The molecule has 3 nitrogen and oxygen atoms in total. The standard InChI is InChI=1S/C52H37NO2/c1-51(2)39-18-10-7-15-34(39)36-24-22-31(27-41(36)51)53(32-23-25-37-35-16-8-11-19-40(35)52(3,4)42(37)28-32)43-29-46-49(48-38-17-9-12-20-44(38)55-50(43)48)47-33-14-6-5-13-30(33)21-26-45(47)54-46/h5-29H,1-4H3. The molecule has 8 aromatic carbocycles. The van der Waals surface area contributed by atoms with Gasteiger partial charge in [-0.15, -0.1) is 0 Å². The molecule has 55 heavy (non-hydrogen) atoms. The predicted octanol–water partition coefficient (Wildman–Crippen LogP) is 14.7. The molecule has 0 aliphatic heterocycles. The van der Waals surface area contributed by atoms with Crippen molar-refractivity contribution < 1.29 is 8.83 Å². The van der Waals surface area contributed by atoms with Gasteiger partial charge in [0, 0.05) is 49.8 Å². The van der Waals surface area contributed by atoms with Crippen LogP contribution in [-0.2, 0) is 10.8 Å². The molecule has 2 aliphatic carbocycles. The minimum Gasteiger partial charge on any atom is -0.456 e. The molecule has 0 saturated carbocycles. The lowest BCUT2D eigenvalue weighted by atomic mass is 9.82. The zero-order chi connectivity index (χ0) is 36.8. The number of hydrogen-bond donors (Lipinski definition) is 0. The van der Waals surface area contributed by atoms with Crippen LogP contribution in [0, 0.1) is 0 Å². The largest absolute Gasteiger partial charge is 0.456 e. The van der Waals surface area contributed by atoms with Crippen LogP contribution < -0.4 is 4.90 Å². The van der Waals surface area contributed by atoms with Crippen molar-refractivity contribution in [1.29, 1.82) is 0 Å². The number of rotatable bonds is 3. The van der Waals surface area contributed by atoms with Crippen LogP contribution in [-0.4, -0.2) is 0 Å². The number of hydrogen-bond acceptors (Lipinski definition) is 3. The molecule has 0 fully saturated rings. The van der Waals surface area contributed by atoms with Crippen LogP contribution in [0.5, 0.6) is 0 Å². The number of benzene rings is 8. The maximum Gasteiger partial charge on any atom is 0.160 e. The summed E-state index contributed by atoms with van der Waals surface area (Å²) in [6, 6.07) is 55.3. The van der Waals surface area contributed by atoms with Crippen molar-refractivity contribution in [2.24, 2.45) is 0 Å². The molecule has 10 aromatic rings. The van der Waals surface area contributed by atoms with E-state index in [1.165, 1.54) is 55.3 Å². The molecule has 0 N–H and O–H groups in total. The number of nitrogens with zero attached hydrogens (tertiary/aromatic N) is 1. The third-order valence-corrected chi connectivity index (χ3v) is 12.8. The van der Waals surface area contributed by atoms with Crippen LogP contribution in [0.2, 0.25) is 0 Å². The van der Waals surface area contributed by atoms with E-state index < -0.39 is 0 Å². The second-order valence-electron chi connectivity index (χ2n) is 16.5. The summed E-state index contributed by atoms with van der Waals surface area (Å²) in [5.74, 6) is 0. The Morgan fingerprint density at radius 3 is 1.64 bits per heavy atom. The zero-order valence-electron chi connectivity index (χ0n) is 31.2. The van der Waals surface area contributed by atoms with Gasteiger partial charge in [0.1, 0.15) is 16.7 Å². The van der Waals surface area contributed by atoms with Crippen molar-refractivity contribution in [3.63, 3.8) is 0 Å². The number of para-hydroxylation sites is 1. The van der Waals surface area contributed by atoms with E-state index in [0.717, 1.165) is 60.9 Å². The minimum absolute atomic E-state index is 0.159. The average molecular weight is 708 g/mol. The summed E-state index contributed by atoms with van der Waals surface area (Å²) in [6.45, 7) is 9.40. The van der Waals surface area contributed by atoms with E-state index in [0.29, 0.717) is 0 Å². The zero-order valence-corrected chi connectivity index (χ0v) is 31.2. The molecule has 0 unspecified atom stereocenters. The smallest absolute Gasteiger partial charge is 0.160 e. The Hall–Kier alpha value is -6.58. The van der Waals surface area contributed by atoms with Crippen LogP contribution in [0.1, 0.15) is 49.9 Å². The lowest BCUT2D eigenvalue weighted by Gasteiger charge is -2.29. The Labute approximate surface area is 319 Å². The predicted molar refractivity (Wildman–Crippen MR) is 228 cm³/mol. The highest BCUT2D eigenvalue weighted by atomic mass is 16.3. The van der Waals surface area contributed by atoms with Gasteiger partial charge in [-0.25, -0.2) is 0 Å². The van der Waals surface area contributed by atoms with E-state index in [9.17, 15) is 0 Å². The van der Waals surface area contributed by atoms with Gasteiger partial charge in [0.25, 0.3) is 0 Å². The van der Waals surface area contributed by atoms with Gasteiger partial charge < -0.3 is 13.7 Å².